The Morgan fingerprint density at radius 2 is 1.76 bits per heavy atom. The quantitative estimate of drug-likeness (QED) is 0.356. The minimum atomic E-state index is -3.68. The minimum absolute atomic E-state index is 0.263. The maximum atomic E-state index is 12.5. The lowest BCUT2D eigenvalue weighted by Gasteiger charge is -2.13. The van der Waals surface area contributed by atoms with Crippen LogP contribution in [0.1, 0.15) is 54.9 Å². The Bertz CT molecular complexity index is 845. The standard InChI is InChI=1S/C22H30NO5P/c1-4-5-6-7-8-15-27-20-13-10-18(11-14-20)22(24)23-19-12-9-17(2)21(16-19)28-29(3,25)26/h9-14,16H,4-8,15H2,1-3H3,(H,23,24)(H,25,26). The molecule has 158 valence electrons. The number of benzene rings is 2. The summed E-state index contributed by atoms with van der Waals surface area (Å²) in [5.41, 5.74) is 1.68. The van der Waals surface area contributed by atoms with Crippen LogP contribution in [0.25, 0.3) is 0 Å². The van der Waals surface area contributed by atoms with Crippen LogP contribution in [-0.2, 0) is 4.57 Å². The van der Waals surface area contributed by atoms with Crippen LogP contribution >= 0.6 is 7.60 Å². The van der Waals surface area contributed by atoms with E-state index in [9.17, 15) is 14.3 Å². The van der Waals surface area contributed by atoms with Gasteiger partial charge >= 0.3 is 7.60 Å². The van der Waals surface area contributed by atoms with E-state index < -0.39 is 7.60 Å². The van der Waals surface area contributed by atoms with Crippen LogP contribution in [0.15, 0.2) is 42.5 Å². The highest BCUT2D eigenvalue weighted by Gasteiger charge is 2.15. The summed E-state index contributed by atoms with van der Waals surface area (Å²) < 4.78 is 22.3. The third kappa shape index (κ3) is 8.30. The van der Waals surface area contributed by atoms with Crippen molar-refractivity contribution in [3.63, 3.8) is 0 Å². The van der Waals surface area contributed by atoms with Crippen molar-refractivity contribution >= 4 is 19.2 Å². The molecule has 0 aliphatic rings. The lowest BCUT2D eigenvalue weighted by atomic mass is 10.1. The van der Waals surface area contributed by atoms with E-state index in [0.29, 0.717) is 23.4 Å². The van der Waals surface area contributed by atoms with Gasteiger partial charge in [0.1, 0.15) is 11.5 Å². The maximum absolute atomic E-state index is 12.5. The molecule has 0 aliphatic carbocycles. The van der Waals surface area contributed by atoms with Gasteiger partial charge in [-0.15, -0.1) is 0 Å². The van der Waals surface area contributed by atoms with Crippen molar-refractivity contribution < 1.29 is 23.5 Å². The number of unbranched alkanes of at least 4 members (excludes halogenated alkanes) is 4. The molecule has 0 saturated carbocycles. The van der Waals surface area contributed by atoms with Gasteiger partial charge in [0, 0.05) is 24.0 Å². The van der Waals surface area contributed by atoms with E-state index in [2.05, 4.69) is 12.2 Å². The SMILES string of the molecule is CCCCCCCOc1ccc(C(=O)Nc2ccc(C)c(OP(C)(=O)O)c2)cc1. The fourth-order valence-electron chi connectivity index (χ4n) is 2.76. The van der Waals surface area contributed by atoms with Crippen molar-refractivity contribution in [1.82, 2.24) is 0 Å². The predicted octanol–water partition coefficient (Wildman–Crippen LogP) is 5.79. The maximum Gasteiger partial charge on any atom is 0.373 e. The largest absolute Gasteiger partial charge is 0.494 e. The van der Waals surface area contributed by atoms with Gasteiger partial charge in [-0.05, 0) is 49.2 Å². The second kappa shape index (κ2) is 11.0. The zero-order chi connectivity index (χ0) is 21.3. The number of anilines is 1. The molecule has 1 atom stereocenters. The fraction of sp³-hybridized carbons (Fsp3) is 0.409. The molecule has 2 aromatic carbocycles. The normalized spacial score (nSPS) is 12.8. The first-order chi connectivity index (χ1) is 13.8. The number of ether oxygens (including phenoxy) is 1. The number of hydrogen-bond acceptors (Lipinski definition) is 4. The van der Waals surface area contributed by atoms with Crippen LogP contribution in [0.5, 0.6) is 11.5 Å². The molecule has 0 bridgehead atoms. The third-order valence-electron chi connectivity index (χ3n) is 4.35. The molecule has 2 aromatic rings. The Balaban J connectivity index is 1.91. The van der Waals surface area contributed by atoms with Crippen molar-refractivity contribution in [1.29, 1.82) is 0 Å². The van der Waals surface area contributed by atoms with E-state index in [1.54, 1.807) is 43.3 Å². The molecule has 2 rings (SSSR count). The highest BCUT2D eigenvalue weighted by Crippen LogP contribution is 2.40. The first-order valence-corrected chi connectivity index (χ1v) is 12.0. The lowest BCUT2D eigenvalue weighted by molar-refractivity contribution is 0.102. The third-order valence-corrected chi connectivity index (χ3v) is 4.88. The molecule has 0 spiro atoms. The first kappa shape index (κ1) is 23.0. The summed E-state index contributed by atoms with van der Waals surface area (Å²) in [6.07, 6.45) is 5.91. The highest BCUT2D eigenvalue weighted by atomic mass is 31.2. The minimum Gasteiger partial charge on any atom is -0.494 e. The van der Waals surface area contributed by atoms with Crippen LogP contribution in [0.2, 0.25) is 0 Å². The van der Waals surface area contributed by atoms with E-state index in [1.807, 2.05) is 0 Å². The molecule has 29 heavy (non-hydrogen) atoms. The molecule has 0 fully saturated rings. The number of hydrogen-bond donors (Lipinski definition) is 2. The number of carbonyl (C=O) groups excluding carboxylic acids is 1. The van der Waals surface area contributed by atoms with Gasteiger partial charge in [0.25, 0.3) is 5.91 Å². The predicted molar refractivity (Wildman–Crippen MR) is 116 cm³/mol. The van der Waals surface area contributed by atoms with Crippen molar-refractivity contribution in [3.05, 3.63) is 53.6 Å². The summed E-state index contributed by atoms with van der Waals surface area (Å²) in [5, 5.41) is 2.77. The highest BCUT2D eigenvalue weighted by molar-refractivity contribution is 7.52. The smallest absolute Gasteiger partial charge is 0.373 e. The number of carbonyl (C=O) groups is 1. The Labute approximate surface area is 172 Å². The fourth-order valence-corrected chi connectivity index (χ4v) is 3.32. The molecule has 0 aliphatic heterocycles. The van der Waals surface area contributed by atoms with Crippen LogP contribution in [0, 0.1) is 6.92 Å². The van der Waals surface area contributed by atoms with Crippen LogP contribution in [0.3, 0.4) is 0 Å². The monoisotopic (exact) mass is 419 g/mol. The number of amides is 1. The van der Waals surface area contributed by atoms with Crippen molar-refractivity contribution in [2.24, 2.45) is 0 Å². The topological polar surface area (TPSA) is 84.9 Å². The molecule has 0 heterocycles. The Morgan fingerprint density at radius 1 is 1.07 bits per heavy atom. The van der Waals surface area contributed by atoms with Crippen molar-refractivity contribution in [3.8, 4) is 11.5 Å². The van der Waals surface area contributed by atoms with Gasteiger partial charge in [-0.2, -0.15) is 0 Å². The molecule has 1 amide bonds. The Kier molecular flexibility index (Phi) is 8.74. The molecule has 7 heteroatoms. The number of nitrogens with one attached hydrogen (secondary N) is 1. The molecule has 0 radical (unpaired) electrons. The molecule has 1 unspecified atom stereocenters. The van der Waals surface area contributed by atoms with E-state index in [1.165, 1.54) is 31.7 Å². The van der Waals surface area contributed by atoms with Crippen LogP contribution < -0.4 is 14.6 Å². The van der Waals surface area contributed by atoms with Crippen LogP contribution in [0.4, 0.5) is 5.69 Å². The second-order valence-corrected chi connectivity index (χ2v) is 8.90. The molecule has 6 nitrogen and oxygen atoms in total. The van der Waals surface area contributed by atoms with E-state index in [0.717, 1.165) is 18.8 Å². The Morgan fingerprint density at radius 3 is 2.41 bits per heavy atom. The zero-order valence-electron chi connectivity index (χ0n) is 17.3. The second-order valence-electron chi connectivity index (χ2n) is 7.12. The summed E-state index contributed by atoms with van der Waals surface area (Å²) in [5.74, 6) is 0.720. The molecular weight excluding hydrogens is 389 g/mol. The van der Waals surface area contributed by atoms with Gasteiger partial charge in [-0.3, -0.25) is 4.79 Å². The number of aryl methyl sites for hydroxylation is 1. The van der Waals surface area contributed by atoms with Gasteiger partial charge in [0.2, 0.25) is 0 Å². The van der Waals surface area contributed by atoms with Gasteiger partial charge in [-0.25, -0.2) is 4.57 Å². The summed E-state index contributed by atoms with van der Waals surface area (Å²) in [6, 6.07) is 12.0. The summed E-state index contributed by atoms with van der Waals surface area (Å²) >= 11 is 0. The summed E-state index contributed by atoms with van der Waals surface area (Å²) in [7, 11) is -3.68. The van der Waals surface area contributed by atoms with Gasteiger partial charge in [-0.1, -0.05) is 38.7 Å². The molecule has 0 aromatic heterocycles. The summed E-state index contributed by atoms with van der Waals surface area (Å²) in [6.45, 7) is 5.75. The van der Waals surface area contributed by atoms with E-state index in [-0.39, 0.29) is 11.7 Å². The molecule has 2 N–H and O–H groups in total. The van der Waals surface area contributed by atoms with Gasteiger partial charge in [0.15, 0.2) is 0 Å². The van der Waals surface area contributed by atoms with Crippen molar-refractivity contribution in [2.45, 2.75) is 46.0 Å². The van der Waals surface area contributed by atoms with Crippen LogP contribution in [-0.4, -0.2) is 24.1 Å². The molecular formula is C22H30NO5P. The van der Waals surface area contributed by atoms with Crippen molar-refractivity contribution in [2.75, 3.05) is 18.6 Å². The van der Waals surface area contributed by atoms with Gasteiger partial charge < -0.3 is 19.5 Å². The average Bonchev–Trinajstić information content (AvgIpc) is 2.66. The van der Waals surface area contributed by atoms with E-state index in [4.69, 9.17) is 9.26 Å². The number of rotatable bonds is 11. The Hall–Kier alpha value is -2.30. The van der Waals surface area contributed by atoms with Gasteiger partial charge in [0.05, 0.1) is 6.61 Å². The lowest BCUT2D eigenvalue weighted by Crippen LogP contribution is -2.12. The molecule has 0 saturated heterocycles. The first-order valence-electron chi connectivity index (χ1n) is 9.93. The zero-order valence-corrected chi connectivity index (χ0v) is 18.2. The van der Waals surface area contributed by atoms with E-state index >= 15 is 0 Å². The summed E-state index contributed by atoms with van der Waals surface area (Å²) in [4.78, 5) is 21.9. The average molecular weight is 419 g/mol.